The van der Waals surface area contributed by atoms with Gasteiger partial charge in [0.15, 0.2) is 0 Å². The Bertz CT molecular complexity index is 298. The van der Waals surface area contributed by atoms with Gasteiger partial charge in [-0.1, -0.05) is 13.3 Å². The zero-order chi connectivity index (χ0) is 12.7. The predicted molar refractivity (Wildman–Crippen MR) is 71.5 cm³/mol. The molecule has 0 aromatic carbocycles. The highest BCUT2D eigenvalue weighted by atomic mass is 32.2. The monoisotopic (exact) mass is 262 g/mol. The Morgan fingerprint density at radius 3 is 2.59 bits per heavy atom. The van der Waals surface area contributed by atoms with Crippen LogP contribution in [-0.2, 0) is 10.0 Å². The van der Waals surface area contributed by atoms with Crippen LogP contribution >= 0.6 is 0 Å². The smallest absolute Gasteiger partial charge is 0.211 e. The number of nitrogens with one attached hydrogen (secondary N) is 2. The van der Waals surface area contributed by atoms with Crippen LogP contribution in [0.25, 0.3) is 0 Å². The highest BCUT2D eigenvalue weighted by molar-refractivity contribution is 7.89. The lowest BCUT2D eigenvalue weighted by molar-refractivity contribution is 0.364. The molecule has 1 atom stereocenters. The SMILES string of the molecule is CCCC(C)NS(=O)(=O)CCC1CCNCC1. The van der Waals surface area contributed by atoms with Crippen molar-refractivity contribution in [3.63, 3.8) is 0 Å². The summed E-state index contributed by atoms with van der Waals surface area (Å²) < 4.78 is 26.4. The van der Waals surface area contributed by atoms with E-state index in [0.29, 0.717) is 5.92 Å². The van der Waals surface area contributed by atoms with Gasteiger partial charge in [0.25, 0.3) is 0 Å². The molecule has 102 valence electrons. The molecular weight excluding hydrogens is 236 g/mol. The molecule has 0 saturated carbocycles. The average Bonchev–Trinajstić information content (AvgIpc) is 2.27. The van der Waals surface area contributed by atoms with E-state index in [1.807, 2.05) is 6.92 Å². The zero-order valence-electron chi connectivity index (χ0n) is 11.0. The molecule has 1 rings (SSSR count). The van der Waals surface area contributed by atoms with Crippen molar-refractivity contribution in [2.24, 2.45) is 5.92 Å². The second-order valence-corrected chi connectivity index (χ2v) is 6.98. The van der Waals surface area contributed by atoms with E-state index < -0.39 is 10.0 Å². The molecular formula is C12H26N2O2S. The number of sulfonamides is 1. The summed E-state index contributed by atoms with van der Waals surface area (Å²) in [5.74, 6) is 0.862. The van der Waals surface area contributed by atoms with E-state index in [1.165, 1.54) is 0 Å². The Labute approximate surface area is 106 Å². The van der Waals surface area contributed by atoms with Crippen LogP contribution in [-0.4, -0.2) is 33.3 Å². The third kappa shape index (κ3) is 6.38. The molecule has 0 aliphatic carbocycles. The molecule has 5 heteroatoms. The summed E-state index contributed by atoms with van der Waals surface area (Å²) in [6.07, 6.45) is 4.94. The fourth-order valence-electron chi connectivity index (χ4n) is 2.35. The Morgan fingerprint density at radius 2 is 2.00 bits per heavy atom. The summed E-state index contributed by atoms with van der Waals surface area (Å²) in [6.45, 7) is 6.07. The number of hydrogen-bond acceptors (Lipinski definition) is 3. The molecule has 1 fully saturated rings. The standard InChI is InChI=1S/C12H26N2O2S/c1-3-4-11(2)14-17(15,16)10-7-12-5-8-13-9-6-12/h11-14H,3-10H2,1-2H3. The number of rotatable bonds is 7. The minimum Gasteiger partial charge on any atom is -0.317 e. The second kappa shape index (κ2) is 7.34. The molecule has 0 spiro atoms. The molecule has 0 aromatic rings. The van der Waals surface area contributed by atoms with Crippen molar-refractivity contribution in [3.05, 3.63) is 0 Å². The second-order valence-electron chi connectivity index (χ2n) is 5.11. The third-order valence-electron chi connectivity index (χ3n) is 3.36. The summed E-state index contributed by atoms with van der Waals surface area (Å²) in [5.41, 5.74) is 0. The van der Waals surface area contributed by atoms with Crippen LogP contribution < -0.4 is 10.0 Å². The molecule has 1 heterocycles. The van der Waals surface area contributed by atoms with Crippen LogP contribution in [0.4, 0.5) is 0 Å². The van der Waals surface area contributed by atoms with E-state index in [1.54, 1.807) is 0 Å². The molecule has 4 nitrogen and oxygen atoms in total. The summed E-state index contributed by atoms with van der Waals surface area (Å²) >= 11 is 0. The minimum atomic E-state index is -3.07. The Balaban J connectivity index is 2.28. The van der Waals surface area contributed by atoms with Crippen LogP contribution in [0.5, 0.6) is 0 Å². The van der Waals surface area contributed by atoms with Crippen LogP contribution in [0.2, 0.25) is 0 Å². The van der Waals surface area contributed by atoms with Gasteiger partial charge >= 0.3 is 0 Å². The average molecular weight is 262 g/mol. The minimum absolute atomic E-state index is 0.0676. The van der Waals surface area contributed by atoms with Crippen LogP contribution in [0, 0.1) is 5.92 Å². The predicted octanol–water partition coefficient (Wildman–Crippen LogP) is 1.48. The quantitative estimate of drug-likeness (QED) is 0.731. The van der Waals surface area contributed by atoms with E-state index in [2.05, 4.69) is 17.0 Å². The van der Waals surface area contributed by atoms with Crippen LogP contribution in [0.15, 0.2) is 0 Å². The van der Waals surface area contributed by atoms with Gasteiger partial charge < -0.3 is 5.32 Å². The Kier molecular flexibility index (Phi) is 6.44. The van der Waals surface area contributed by atoms with E-state index in [-0.39, 0.29) is 11.8 Å². The number of piperidine rings is 1. The fraction of sp³-hybridized carbons (Fsp3) is 1.00. The largest absolute Gasteiger partial charge is 0.317 e. The van der Waals surface area contributed by atoms with Crippen molar-refractivity contribution < 1.29 is 8.42 Å². The first kappa shape index (κ1) is 14.9. The third-order valence-corrected chi connectivity index (χ3v) is 4.89. The van der Waals surface area contributed by atoms with Crippen molar-refractivity contribution in [3.8, 4) is 0 Å². The first-order chi connectivity index (χ1) is 8.03. The van der Waals surface area contributed by atoms with Crippen LogP contribution in [0.3, 0.4) is 0 Å². The van der Waals surface area contributed by atoms with Gasteiger partial charge in [-0.25, -0.2) is 13.1 Å². The summed E-state index contributed by atoms with van der Waals surface area (Å²) in [5, 5.41) is 3.30. The topological polar surface area (TPSA) is 58.2 Å². The van der Waals surface area contributed by atoms with Crippen molar-refractivity contribution in [2.75, 3.05) is 18.8 Å². The lowest BCUT2D eigenvalue weighted by Gasteiger charge is -2.22. The Hall–Kier alpha value is -0.130. The first-order valence-corrected chi connectivity index (χ1v) is 8.39. The maximum Gasteiger partial charge on any atom is 0.211 e. The molecule has 2 N–H and O–H groups in total. The van der Waals surface area contributed by atoms with Gasteiger partial charge in [0.1, 0.15) is 0 Å². The summed E-state index contributed by atoms with van der Waals surface area (Å²) in [7, 11) is -3.07. The maximum absolute atomic E-state index is 11.8. The van der Waals surface area contributed by atoms with Gasteiger partial charge in [-0.15, -0.1) is 0 Å². The molecule has 0 aromatic heterocycles. The van der Waals surface area contributed by atoms with Gasteiger partial charge in [0.2, 0.25) is 10.0 Å². The van der Waals surface area contributed by atoms with Crippen molar-refractivity contribution in [1.82, 2.24) is 10.0 Å². The van der Waals surface area contributed by atoms with Crippen molar-refractivity contribution >= 4 is 10.0 Å². The van der Waals surface area contributed by atoms with Gasteiger partial charge in [-0.05, 0) is 51.6 Å². The van der Waals surface area contributed by atoms with E-state index in [0.717, 1.165) is 45.2 Å². The van der Waals surface area contributed by atoms with Crippen molar-refractivity contribution in [2.45, 2.75) is 52.0 Å². The lowest BCUT2D eigenvalue weighted by Crippen LogP contribution is -2.35. The highest BCUT2D eigenvalue weighted by Gasteiger charge is 2.18. The van der Waals surface area contributed by atoms with Crippen molar-refractivity contribution in [1.29, 1.82) is 0 Å². The Morgan fingerprint density at radius 1 is 1.35 bits per heavy atom. The van der Waals surface area contributed by atoms with Gasteiger partial charge in [0.05, 0.1) is 5.75 Å². The molecule has 1 aliphatic rings. The van der Waals surface area contributed by atoms with Crippen LogP contribution in [0.1, 0.15) is 46.0 Å². The van der Waals surface area contributed by atoms with Gasteiger partial charge in [-0.2, -0.15) is 0 Å². The molecule has 17 heavy (non-hydrogen) atoms. The highest BCUT2D eigenvalue weighted by Crippen LogP contribution is 2.16. The maximum atomic E-state index is 11.8. The molecule has 1 aliphatic heterocycles. The van der Waals surface area contributed by atoms with E-state index in [4.69, 9.17) is 0 Å². The number of hydrogen-bond donors (Lipinski definition) is 2. The van der Waals surface area contributed by atoms with E-state index >= 15 is 0 Å². The molecule has 0 amide bonds. The molecule has 1 unspecified atom stereocenters. The molecule has 1 saturated heterocycles. The molecule has 0 bridgehead atoms. The molecule has 0 radical (unpaired) electrons. The summed E-state index contributed by atoms with van der Waals surface area (Å²) in [4.78, 5) is 0. The van der Waals surface area contributed by atoms with E-state index in [9.17, 15) is 8.42 Å². The first-order valence-electron chi connectivity index (χ1n) is 6.74. The normalized spacial score (nSPS) is 20.4. The lowest BCUT2D eigenvalue weighted by atomic mass is 9.96. The van der Waals surface area contributed by atoms with Gasteiger partial charge in [0, 0.05) is 6.04 Å². The fourth-order valence-corrected chi connectivity index (χ4v) is 3.84. The van der Waals surface area contributed by atoms with Gasteiger partial charge in [-0.3, -0.25) is 0 Å². The summed E-state index contributed by atoms with van der Waals surface area (Å²) in [6, 6.07) is 0.0676. The zero-order valence-corrected chi connectivity index (χ0v) is 11.9.